The quantitative estimate of drug-likeness (QED) is 0.550. The molecule has 0 unspecified atom stereocenters. The van der Waals surface area contributed by atoms with Gasteiger partial charge >= 0.3 is 0 Å². The van der Waals surface area contributed by atoms with Crippen molar-refractivity contribution in [2.45, 2.75) is 23.9 Å². The molecule has 0 fully saturated rings. The van der Waals surface area contributed by atoms with Crippen LogP contribution in [-0.4, -0.2) is 40.2 Å². The highest BCUT2D eigenvalue weighted by Crippen LogP contribution is 2.23. The first-order valence-corrected chi connectivity index (χ1v) is 10.1. The van der Waals surface area contributed by atoms with Crippen molar-refractivity contribution in [1.29, 1.82) is 0 Å². The standard InChI is InChI=1S/C21H24N6OS/c1-15(18(28)23-17-12-8-5-9-13-17)29-21-25-19(24-20(26-21)27(2)3)22-14-16-10-6-4-7-11-16/h4-13,15H,14H2,1-3H3,(H,23,28)(H,22,24,25,26)/t15-/m0/s1. The Hall–Kier alpha value is -3.13. The van der Waals surface area contributed by atoms with Gasteiger partial charge in [-0.05, 0) is 24.6 Å². The van der Waals surface area contributed by atoms with Crippen LogP contribution in [0.15, 0.2) is 65.8 Å². The fourth-order valence-electron chi connectivity index (χ4n) is 2.43. The normalized spacial score (nSPS) is 11.6. The van der Waals surface area contributed by atoms with Crippen LogP contribution in [-0.2, 0) is 11.3 Å². The number of para-hydroxylation sites is 1. The van der Waals surface area contributed by atoms with Crippen LogP contribution in [0, 0.1) is 0 Å². The second-order valence-electron chi connectivity index (χ2n) is 6.59. The first kappa shape index (κ1) is 20.6. The van der Waals surface area contributed by atoms with Gasteiger partial charge in [-0.2, -0.15) is 15.0 Å². The average Bonchev–Trinajstić information content (AvgIpc) is 2.73. The minimum absolute atomic E-state index is 0.105. The van der Waals surface area contributed by atoms with Gasteiger partial charge in [-0.1, -0.05) is 60.3 Å². The minimum atomic E-state index is -0.366. The lowest BCUT2D eigenvalue weighted by Crippen LogP contribution is -2.23. The van der Waals surface area contributed by atoms with E-state index < -0.39 is 0 Å². The van der Waals surface area contributed by atoms with E-state index in [1.165, 1.54) is 11.8 Å². The lowest BCUT2D eigenvalue weighted by atomic mass is 10.2. The Labute approximate surface area is 175 Å². The summed E-state index contributed by atoms with van der Waals surface area (Å²) in [6.45, 7) is 2.44. The first-order valence-electron chi connectivity index (χ1n) is 9.25. The molecule has 0 radical (unpaired) electrons. The minimum Gasteiger partial charge on any atom is -0.350 e. The van der Waals surface area contributed by atoms with Crippen LogP contribution in [0.2, 0.25) is 0 Å². The number of nitrogens with zero attached hydrogens (tertiary/aromatic N) is 4. The van der Waals surface area contributed by atoms with Crippen molar-refractivity contribution in [1.82, 2.24) is 15.0 Å². The van der Waals surface area contributed by atoms with Gasteiger partial charge in [0.05, 0.1) is 5.25 Å². The Kier molecular flexibility index (Phi) is 7.02. The van der Waals surface area contributed by atoms with Crippen LogP contribution >= 0.6 is 11.8 Å². The summed E-state index contributed by atoms with van der Waals surface area (Å²) in [5.41, 5.74) is 1.89. The number of carbonyl (C=O) groups is 1. The monoisotopic (exact) mass is 408 g/mol. The van der Waals surface area contributed by atoms with E-state index in [4.69, 9.17) is 0 Å². The molecule has 0 saturated heterocycles. The van der Waals surface area contributed by atoms with Crippen molar-refractivity contribution in [3.63, 3.8) is 0 Å². The van der Waals surface area contributed by atoms with Crippen molar-refractivity contribution in [2.24, 2.45) is 0 Å². The third-order valence-electron chi connectivity index (χ3n) is 3.99. The van der Waals surface area contributed by atoms with Crippen LogP contribution in [0.3, 0.4) is 0 Å². The third-order valence-corrected chi connectivity index (χ3v) is 4.95. The van der Waals surface area contributed by atoms with Gasteiger partial charge < -0.3 is 15.5 Å². The Bertz CT molecular complexity index is 936. The first-order chi connectivity index (χ1) is 14.0. The molecule has 29 heavy (non-hydrogen) atoms. The fraction of sp³-hybridized carbons (Fsp3) is 0.238. The molecule has 0 saturated carbocycles. The summed E-state index contributed by atoms with van der Waals surface area (Å²) in [5.74, 6) is 0.909. The maximum absolute atomic E-state index is 12.5. The molecule has 0 aliphatic heterocycles. The van der Waals surface area contributed by atoms with Gasteiger partial charge in [-0.25, -0.2) is 0 Å². The molecule has 150 valence electrons. The molecule has 8 heteroatoms. The largest absolute Gasteiger partial charge is 0.350 e. The number of rotatable bonds is 8. The van der Waals surface area contributed by atoms with Crippen molar-refractivity contribution in [3.05, 3.63) is 66.2 Å². The highest BCUT2D eigenvalue weighted by Gasteiger charge is 2.18. The van der Waals surface area contributed by atoms with E-state index in [1.54, 1.807) is 0 Å². The molecule has 0 bridgehead atoms. The van der Waals surface area contributed by atoms with Crippen LogP contribution in [0.1, 0.15) is 12.5 Å². The van der Waals surface area contributed by atoms with E-state index in [1.807, 2.05) is 86.6 Å². The zero-order valence-corrected chi connectivity index (χ0v) is 17.5. The number of carbonyl (C=O) groups excluding carboxylic acids is 1. The van der Waals surface area contributed by atoms with E-state index in [2.05, 4.69) is 25.6 Å². The average molecular weight is 409 g/mol. The SMILES string of the molecule is C[C@H](Sc1nc(NCc2ccccc2)nc(N(C)C)n1)C(=O)Nc1ccccc1. The second-order valence-corrected chi connectivity index (χ2v) is 7.90. The molecule has 3 aromatic rings. The van der Waals surface area contributed by atoms with E-state index in [-0.39, 0.29) is 11.2 Å². The summed E-state index contributed by atoms with van der Waals surface area (Å²) in [7, 11) is 3.74. The summed E-state index contributed by atoms with van der Waals surface area (Å²) in [6.07, 6.45) is 0. The lowest BCUT2D eigenvalue weighted by Gasteiger charge is -2.15. The third kappa shape index (κ3) is 6.18. The van der Waals surface area contributed by atoms with Crippen molar-refractivity contribution in [2.75, 3.05) is 29.6 Å². The molecule has 7 nitrogen and oxygen atoms in total. The molecule has 1 amide bonds. The zero-order chi connectivity index (χ0) is 20.6. The van der Waals surface area contributed by atoms with Gasteiger partial charge in [-0.15, -0.1) is 0 Å². The Morgan fingerprint density at radius 2 is 1.66 bits per heavy atom. The molecule has 2 aromatic carbocycles. The van der Waals surface area contributed by atoms with E-state index in [9.17, 15) is 4.79 Å². The van der Waals surface area contributed by atoms with Crippen molar-refractivity contribution in [3.8, 4) is 0 Å². The summed E-state index contributed by atoms with van der Waals surface area (Å²) in [6, 6.07) is 19.4. The van der Waals surface area contributed by atoms with Gasteiger partial charge in [-0.3, -0.25) is 4.79 Å². The van der Waals surface area contributed by atoms with Gasteiger partial charge in [0.1, 0.15) is 0 Å². The number of hydrogen-bond donors (Lipinski definition) is 2. The molecule has 3 rings (SSSR count). The molecule has 1 heterocycles. The number of amides is 1. The fourth-order valence-corrected chi connectivity index (χ4v) is 3.19. The Balaban J connectivity index is 1.70. The number of thioether (sulfide) groups is 1. The molecule has 0 spiro atoms. The summed E-state index contributed by atoms with van der Waals surface area (Å²) in [4.78, 5) is 27.7. The van der Waals surface area contributed by atoms with E-state index in [0.717, 1.165) is 11.3 Å². The maximum atomic E-state index is 12.5. The number of benzene rings is 2. The van der Waals surface area contributed by atoms with Crippen molar-refractivity contribution < 1.29 is 4.79 Å². The van der Waals surface area contributed by atoms with Crippen LogP contribution in [0.5, 0.6) is 0 Å². The molecule has 2 N–H and O–H groups in total. The van der Waals surface area contributed by atoms with Crippen LogP contribution in [0.25, 0.3) is 0 Å². The molecule has 0 aliphatic carbocycles. The predicted octanol–water partition coefficient (Wildman–Crippen LogP) is 3.67. The maximum Gasteiger partial charge on any atom is 0.237 e. The molecule has 0 aliphatic rings. The number of anilines is 3. The molecule has 1 aromatic heterocycles. The molecular formula is C21H24N6OS. The van der Waals surface area contributed by atoms with E-state index in [0.29, 0.717) is 23.6 Å². The Morgan fingerprint density at radius 3 is 2.31 bits per heavy atom. The highest BCUT2D eigenvalue weighted by molar-refractivity contribution is 8.00. The van der Waals surface area contributed by atoms with Gasteiger partial charge in [0.2, 0.25) is 17.8 Å². The highest BCUT2D eigenvalue weighted by atomic mass is 32.2. The second kappa shape index (κ2) is 9.88. The number of nitrogens with one attached hydrogen (secondary N) is 2. The van der Waals surface area contributed by atoms with Gasteiger partial charge in [0, 0.05) is 26.3 Å². The lowest BCUT2D eigenvalue weighted by molar-refractivity contribution is -0.115. The number of hydrogen-bond acceptors (Lipinski definition) is 7. The van der Waals surface area contributed by atoms with Gasteiger partial charge in [0.25, 0.3) is 0 Å². The zero-order valence-electron chi connectivity index (χ0n) is 16.7. The summed E-state index contributed by atoms with van der Waals surface area (Å²) < 4.78 is 0. The molecule has 1 atom stereocenters. The smallest absolute Gasteiger partial charge is 0.237 e. The predicted molar refractivity (Wildman–Crippen MR) is 118 cm³/mol. The van der Waals surface area contributed by atoms with Crippen molar-refractivity contribution >= 4 is 35.3 Å². The summed E-state index contributed by atoms with van der Waals surface area (Å²) >= 11 is 1.30. The van der Waals surface area contributed by atoms with Crippen LogP contribution in [0.4, 0.5) is 17.6 Å². The van der Waals surface area contributed by atoms with Crippen LogP contribution < -0.4 is 15.5 Å². The van der Waals surface area contributed by atoms with E-state index >= 15 is 0 Å². The Morgan fingerprint density at radius 1 is 1.00 bits per heavy atom. The number of aromatic nitrogens is 3. The summed E-state index contributed by atoms with van der Waals surface area (Å²) in [5, 5.41) is 6.27. The molecular weight excluding hydrogens is 384 g/mol. The van der Waals surface area contributed by atoms with Gasteiger partial charge in [0.15, 0.2) is 5.16 Å². The topological polar surface area (TPSA) is 83.0 Å².